The predicted octanol–water partition coefficient (Wildman–Crippen LogP) is 2.93. The van der Waals surface area contributed by atoms with Gasteiger partial charge in [-0.3, -0.25) is 0 Å². The first kappa shape index (κ1) is 11.4. The van der Waals surface area contributed by atoms with Crippen LogP contribution in [0.1, 0.15) is 25.3 Å². The van der Waals surface area contributed by atoms with E-state index < -0.39 is 12.5 Å². The second kappa shape index (κ2) is 5.95. The van der Waals surface area contributed by atoms with Gasteiger partial charge >= 0.3 is 92.9 Å². The average Bonchev–Trinajstić information content (AvgIpc) is 2.15. The van der Waals surface area contributed by atoms with Gasteiger partial charge in [0, 0.05) is 0 Å². The molecule has 0 unspecified atom stereocenters. The van der Waals surface area contributed by atoms with E-state index in [2.05, 4.69) is 25.1 Å². The van der Waals surface area contributed by atoms with E-state index in [1.807, 2.05) is 6.07 Å². The zero-order valence-corrected chi connectivity index (χ0v) is 11.7. The van der Waals surface area contributed by atoms with Gasteiger partial charge in [0.05, 0.1) is 0 Å². The minimum atomic E-state index is -2.11. The van der Waals surface area contributed by atoms with Crippen LogP contribution in [0.2, 0.25) is 0 Å². The molecule has 0 aliphatic carbocycles. The second-order valence-electron chi connectivity index (χ2n) is 3.10. The molecular formula is C10H14Cl2Ge. The molecule has 0 spiro atoms. The summed E-state index contributed by atoms with van der Waals surface area (Å²) in [5.41, 5.74) is 1.36. The van der Waals surface area contributed by atoms with E-state index in [-0.39, 0.29) is 0 Å². The Bertz CT molecular complexity index is 261. The van der Waals surface area contributed by atoms with Crippen molar-refractivity contribution in [3.63, 3.8) is 0 Å². The molecule has 0 amide bonds. The summed E-state index contributed by atoms with van der Waals surface area (Å²) in [5, 5.41) is 0. The Morgan fingerprint density at radius 1 is 1.23 bits per heavy atom. The number of benzene rings is 1. The Balaban J connectivity index is 2.78. The molecule has 0 nitrogen and oxygen atoms in total. The predicted molar refractivity (Wildman–Crippen MR) is 63.5 cm³/mol. The summed E-state index contributed by atoms with van der Waals surface area (Å²) in [5.74, 6) is 0. The van der Waals surface area contributed by atoms with Gasteiger partial charge in [-0.2, -0.15) is 0 Å². The van der Waals surface area contributed by atoms with Gasteiger partial charge in [-0.1, -0.05) is 0 Å². The normalized spacial score (nSPS) is 10.8. The number of halogens is 2. The first-order chi connectivity index (χ1) is 6.25. The van der Waals surface area contributed by atoms with Crippen LogP contribution in [0.25, 0.3) is 0 Å². The van der Waals surface area contributed by atoms with E-state index >= 15 is 0 Å². The van der Waals surface area contributed by atoms with E-state index in [1.165, 1.54) is 22.8 Å². The summed E-state index contributed by atoms with van der Waals surface area (Å²) in [4.78, 5) is 0. The Hall–Kier alpha value is 0.343. The van der Waals surface area contributed by atoms with Crippen LogP contribution in [0.3, 0.4) is 0 Å². The van der Waals surface area contributed by atoms with Crippen LogP contribution in [0.4, 0.5) is 0 Å². The zero-order valence-electron chi connectivity index (χ0n) is 7.76. The van der Waals surface area contributed by atoms with E-state index in [1.54, 1.807) is 0 Å². The standard InChI is InChI=1S/C10H14Cl2Ge/c1-2-3-6-9-7-4-5-8-10(9)13(11)12/h4-5,7-8,13H,2-3,6H2,1H3. The molecule has 0 aromatic heterocycles. The fraction of sp³-hybridized carbons (Fsp3) is 0.400. The molecule has 13 heavy (non-hydrogen) atoms. The molecule has 3 heteroatoms. The molecule has 0 saturated carbocycles. The number of rotatable bonds is 4. The van der Waals surface area contributed by atoms with Crippen LogP contribution in [-0.2, 0) is 6.42 Å². The number of hydrogen-bond donors (Lipinski definition) is 0. The van der Waals surface area contributed by atoms with Gasteiger partial charge in [0.1, 0.15) is 0 Å². The molecule has 0 fully saturated rings. The first-order valence-corrected chi connectivity index (χ1v) is 12.2. The molecule has 0 aliphatic rings. The van der Waals surface area contributed by atoms with Gasteiger partial charge in [0.2, 0.25) is 0 Å². The van der Waals surface area contributed by atoms with Crippen LogP contribution >= 0.6 is 20.0 Å². The van der Waals surface area contributed by atoms with Gasteiger partial charge in [0.15, 0.2) is 0 Å². The van der Waals surface area contributed by atoms with Gasteiger partial charge < -0.3 is 0 Å². The summed E-state index contributed by atoms with van der Waals surface area (Å²) >= 11 is -2.11. The summed E-state index contributed by atoms with van der Waals surface area (Å²) in [6, 6.07) is 8.31. The monoisotopic (exact) mass is 278 g/mol. The van der Waals surface area contributed by atoms with Crippen molar-refractivity contribution in [3.05, 3.63) is 29.8 Å². The molecule has 1 aromatic rings. The van der Waals surface area contributed by atoms with Crippen molar-refractivity contribution in [1.29, 1.82) is 0 Å². The maximum absolute atomic E-state index is 6.04. The van der Waals surface area contributed by atoms with E-state index in [0.717, 1.165) is 6.42 Å². The molecule has 0 heterocycles. The second-order valence-corrected chi connectivity index (χ2v) is 11.4. The Morgan fingerprint density at radius 3 is 2.54 bits per heavy atom. The summed E-state index contributed by atoms with van der Waals surface area (Å²) in [7, 11) is 12.1. The van der Waals surface area contributed by atoms with Crippen molar-refractivity contribution in [1.82, 2.24) is 0 Å². The van der Waals surface area contributed by atoms with Crippen LogP contribution < -0.4 is 4.40 Å². The van der Waals surface area contributed by atoms with Gasteiger partial charge in [-0.05, 0) is 0 Å². The molecule has 0 N–H and O–H groups in total. The molecule has 1 rings (SSSR count). The quantitative estimate of drug-likeness (QED) is 0.743. The third kappa shape index (κ3) is 3.53. The molecule has 72 valence electrons. The topological polar surface area (TPSA) is 0 Å². The summed E-state index contributed by atoms with van der Waals surface area (Å²) in [6.07, 6.45) is 3.56. The molecular weight excluding hydrogens is 264 g/mol. The Morgan fingerprint density at radius 2 is 1.92 bits per heavy atom. The molecule has 0 radical (unpaired) electrons. The van der Waals surface area contributed by atoms with Crippen molar-refractivity contribution in [3.8, 4) is 0 Å². The van der Waals surface area contributed by atoms with Crippen LogP contribution in [-0.4, -0.2) is 12.5 Å². The summed E-state index contributed by atoms with van der Waals surface area (Å²) in [6.45, 7) is 2.20. The van der Waals surface area contributed by atoms with Crippen LogP contribution in [0.5, 0.6) is 0 Å². The van der Waals surface area contributed by atoms with Crippen molar-refractivity contribution in [2.45, 2.75) is 26.2 Å². The third-order valence-electron chi connectivity index (χ3n) is 2.09. The van der Waals surface area contributed by atoms with Crippen LogP contribution in [0, 0.1) is 0 Å². The van der Waals surface area contributed by atoms with Crippen molar-refractivity contribution >= 4 is 36.9 Å². The SMILES string of the molecule is CCCCc1cccc[c]1[GeH]([Cl])[Cl]. The fourth-order valence-electron chi connectivity index (χ4n) is 1.34. The molecule has 0 atom stereocenters. The molecule has 0 bridgehead atoms. The first-order valence-electron chi connectivity index (χ1n) is 4.61. The van der Waals surface area contributed by atoms with Gasteiger partial charge in [-0.25, -0.2) is 0 Å². The Kier molecular flexibility index (Phi) is 5.22. The van der Waals surface area contributed by atoms with Gasteiger partial charge in [-0.15, -0.1) is 0 Å². The molecule has 1 aromatic carbocycles. The maximum atomic E-state index is 6.04. The molecule has 0 aliphatic heterocycles. The number of unbranched alkanes of at least 4 members (excludes halogenated alkanes) is 1. The van der Waals surface area contributed by atoms with E-state index in [9.17, 15) is 0 Å². The van der Waals surface area contributed by atoms with E-state index in [0.29, 0.717) is 0 Å². The van der Waals surface area contributed by atoms with E-state index in [4.69, 9.17) is 20.0 Å². The minimum absolute atomic E-state index is 1.12. The van der Waals surface area contributed by atoms with Crippen LogP contribution in [0.15, 0.2) is 24.3 Å². The fourth-order valence-corrected chi connectivity index (χ4v) is 5.19. The molecule has 0 saturated heterocycles. The van der Waals surface area contributed by atoms with Crippen molar-refractivity contribution in [2.24, 2.45) is 0 Å². The third-order valence-corrected chi connectivity index (χ3v) is 6.70. The Labute approximate surface area is 92.7 Å². The average molecular weight is 278 g/mol. The summed E-state index contributed by atoms with van der Waals surface area (Å²) < 4.78 is 1.24. The van der Waals surface area contributed by atoms with Crippen molar-refractivity contribution in [2.75, 3.05) is 0 Å². The number of aryl methyl sites for hydroxylation is 1. The van der Waals surface area contributed by atoms with Gasteiger partial charge in [0.25, 0.3) is 0 Å². The zero-order chi connectivity index (χ0) is 9.68. The van der Waals surface area contributed by atoms with Crippen molar-refractivity contribution < 1.29 is 0 Å². The number of hydrogen-bond acceptors (Lipinski definition) is 0.